The van der Waals surface area contributed by atoms with Crippen molar-refractivity contribution in [1.29, 1.82) is 5.26 Å². The highest BCUT2D eigenvalue weighted by Gasteiger charge is 2.25. The Morgan fingerprint density at radius 2 is 2.44 bits per heavy atom. The summed E-state index contributed by atoms with van der Waals surface area (Å²) in [5, 5.41) is 8.98. The molecule has 4 heteroatoms. The van der Waals surface area contributed by atoms with Crippen molar-refractivity contribution in [3.8, 4) is 6.07 Å². The minimum atomic E-state index is 0.133. The number of nitrogens with zero attached hydrogens (tertiary/aromatic N) is 2. The van der Waals surface area contributed by atoms with Crippen LogP contribution in [-0.2, 0) is 11.3 Å². The molecule has 18 heavy (non-hydrogen) atoms. The summed E-state index contributed by atoms with van der Waals surface area (Å²) in [6, 6.07) is 9.54. The third-order valence-corrected chi connectivity index (χ3v) is 4.42. The molecule has 1 aromatic rings. The summed E-state index contributed by atoms with van der Waals surface area (Å²) in [7, 11) is 1.83. The van der Waals surface area contributed by atoms with Gasteiger partial charge in [-0.2, -0.15) is 5.26 Å². The van der Waals surface area contributed by atoms with E-state index >= 15 is 0 Å². The summed E-state index contributed by atoms with van der Waals surface area (Å²) >= 11 is 1.75. The average molecular weight is 260 g/mol. The SMILES string of the molecule is CN(Cc1cccc(C#N)c1)C(=O)C1CCCS1. The van der Waals surface area contributed by atoms with E-state index in [9.17, 15) is 4.79 Å². The molecule has 1 saturated heterocycles. The first kappa shape index (κ1) is 13.0. The van der Waals surface area contributed by atoms with Gasteiger partial charge in [0.15, 0.2) is 0 Å². The van der Waals surface area contributed by atoms with Gasteiger partial charge in [-0.15, -0.1) is 11.8 Å². The van der Waals surface area contributed by atoms with E-state index in [-0.39, 0.29) is 11.2 Å². The number of carbonyl (C=O) groups is 1. The Balaban J connectivity index is 1.99. The molecule has 0 aliphatic carbocycles. The molecule has 1 aromatic carbocycles. The van der Waals surface area contributed by atoms with Crippen molar-refractivity contribution < 1.29 is 4.79 Å². The number of amides is 1. The van der Waals surface area contributed by atoms with Gasteiger partial charge in [0.05, 0.1) is 16.9 Å². The standard InChI is InChI=1S/C14H16N2OS/c1-16(14(17)13-6-3-7-18-13)10-12-5-2-4-11(8-12)9-15/h2,4-5,8,13H,3,6-7,10H2,1H3. The molecule has 1 unspecified atom stereocenters. The van der Waals surface area contributed by atoms with Gasteiger partial charge in [0.1, 0.15) is 0 Å². The third-order valence-electron chi connectivity index (χ3n) is 3.06. The third kappa shape index (κ3) is 3.05. The van der Waals surface area contributed by atoms with Gasteiger partial charge in [0.2, 0.25) is 5.91 Å². The van der Waals surface area contributed by atoms with Crippen LogP contribution in [0.5, 0.6) is 0 Å². The van der Waals surface area contributed by atoms with Crippen LogP contribution in [0.25, 0.3) is 0 Å². The number of benzene rings is 1. The van der Waals surface area contributed by atoms with E-state index in [0.29, 0.717) is 12.1 Å². The van der Waals surface area contributed by atoms with Crippen molar-refractivity contribution in [3.05, 3.63) is 35.4 Å². The molecule has 1 aliphatic rings. The number of carbonyl (C=O) groups excluding carboxylic acids is 1. The quantitative estimate of drug-likeness (QED) is 0.838. The van der Waals surface area contributed by atoms with Crippen molar-refractivity contribution in [2.24, 2.45) is 0 Å². The van der Waals surface area contributed by atoms with Gasteiger partial charge in [0.25, 0.3) is 0 Å². The molecule has 1 amide bonds. The minimum absolute atomic E-state index is 0.133. The lowest BCUT2D eigenvalue weighted by atomic mass is 10.1. The molecule has 0 aromatic heterocycles. The Morgan fingerprint density at radius 1 is 1.61 bits per heavy atom. The normalized spacial score (nSPS) is 18.3. The van der Waals surface area contributed by atoms with E-state index in [1.54, 1.807) is 22.7 Å². The fraction of sp³-hybridized carbons (Fsp3) is 0.429. The molecule has 94 valence electrons. The average Bonchev–Trinajstić information content (AvgIpc) is 2.92. The molecule has 0 N–H and O–H groups in total. The maximum Gasteiger partial charge on any atom is 0.235 e. The van der Waals surface area contributed by atoms with Crippen molar-refractivity contribution in [3.63, 3.8) is 0 Å². The van der Waals surface area contributed by atoms with E-state index in [1.165, 1.54) is 0 Å². The second kappa shape index (κ2) is 5.92. The summed E-state index contributed by atoms with van der Waals surface area (Å²) in [5.41, 5.74) is 1.65. The molecule has 0 spiro atoms. The maximum absolute atomic E-state index is 12.1. The highest BCUT2D eigenvalue weighted by Crippen LogP contribution is 2.27. The van der Waals surface area contributed by atoms with Crippen molar-refractivity contribution >= 4 is 17.7 Å². The Bertz CT molecular complexity index is 475. The van der Waals surface area contributed by atoms with Crippen LogP contribution in [0, 0.1) is 11.3 Å². The van der Waals surface area contributed by atoms with Crippen LogP contribution in [0.4, 0.5) is 0 Å². The smallest absolute Gasteiger partial charge is 0.235 e. The van der Waals surface area contributed by atoms with Crippen LogP contribution < -0.4 is 0 Å². The van der Waals surface area contributed by atoms with E-state index in [4.69, 9.17) is 5.26 Å². The number of hydrogen-bond acceptors (Lipinski definition) is 3. The van der Waals surface area contributed by atoms with Gasteiger partial charge in [0, 0.05) is 13.6 Å². The molecule has 1 heterocycles. The zero-order valence-electron chi connectivity index (χ0n) is 10.4. The van der Waals surface area contributed by atoms with Gasteiger partial charge in [-0.25, -0.2) is 0 Å². The van der Waals surface area contributed by atoms with Gasteiger partial charge >= 0.3 is 0 Å². The summed E-state index contributed by atoms with van der Waals surface area (Å²) in [5.74, 6) is 1.30. The summed E-state index contributed by atoms with van der Waals surface area (Å²) in [6.07, 6.45) is 2.13. The van der Waals surface area contributed by atoms with Gasteiger partial charge in [-0.05, 0) is 36.3 Å². The Labute approximate surface area is 112 Å². The molecule has 0 saturated carbocycles. The number of thioether (sulfide) groups is 1. The molecule has 0 bridgehead atoms. The van der Waals surface area contributed by atoms with Crippen LogP contribution in [0.15, 0.2) is 24.3 Å². The predicted octanol–water partition coefficient (Wildman–Crippen LogP) is 2.41. The largest absolute Gasteiger partial charge is 0.340 e. The molecular weight excluding hydrogens is 244 g/mol. The van der Waals surface area contributed by atoms with Gasteiger partial charge in [-0.1, -0.05) is 12.1 Å². The number of rotatable bonds is 3. The fourth-order valence-corrected chi connectivity index (χ4v) is 3.38. The van der Waals surface area contributed by atoms with E-state index in [2.05, 4.69) is 6.07 Å². The Morgan fingerprint density at radius 3 is 3.11 bits per heavy atom. The lowest BCUT2D eigenvalue weighted by Crippen LogP contribution is -2.33. The van der Waals surface area contributed by atoms with Crippen molar-refractivity contribution in [1.82, 2.24) is 4.90 Å². The van der Waals surface area contributed by atoms with Crippen LogP contribution >= 0.6 is 11.8 Å². The fourth-order valence-electron chi connectivity index (χ4n) is 2.11. The summed E-state index contributed by atoms with van der Waals surface area (Å²) < 4.78 is 0. The van der Waals surface area contributed by atoms with Crippen LogP contribution in [0.2, 0.25) is 0 Å². The monoisotopic (exact) mass is 260 g/mol. The molecule has 2 rings (SSSR count). The second-order valence-corrected chi connectivity index (χ2v) is 5.82. The molecule has 1 aliphatic heterocycles. The summed E-state index contributed by atoms with van der Waals surface area (Å²) in [6.45, 7) is 0.575. The van der Waals surface area contributed by atoms with E-state index in [0.717, 1.165) is 24.2 Å². The van der Waals surface area contributed by atoms with Crippen LogP contribution in [0.3, 0.4) is 0 Å². The molecule has 0 radical (unpaired) electrons. The zero-order valence-corrected chi connectivity index (χ0v) is 11.2. The maximum atomic E-state index is 12.1. The minimum Gasteiger partial charge on any atom is -0.340 e. The molecule has 3 nitrogen and oxygen atoms in total. The Kier molecular flexibility index (Phi) is 4.27. The topological polar surface area (TPSA) is 44.1 Å². The van der Waals surface area contributed by atoms with Gasteiger partial charge < -0.3 is 4.90 Å². The molecule has 1 fully saturated rings. The first-order chi connectivity index (χ1) is 8.70. The lowest BCUT2D eigenvalue weighted by Gasteiger charge is -2.20. The van der Waals surface area contributed by atoms with Crippen LogP contribution in [0.1, 0.15) is 24.0 Å². The van der Waals surface area contributed by atoms with Gasteiger partial charge in [-0.3, -0.25) is 4.79 Å². The van der Waals surface area contributed by atoms with Crippen molar-refractivity contribution in [2.75, 3.05) is 12.8 Å². The Hall–Kier alpha value is -1.47. The second-order valence-electron chi connectivity index (χ2n) is 4.51. The van der Waals surface area contributed by atoms with E-state index < -0.39 is 0 Å². The molecule has 1 atom stereocenters. The first-order valence-electron chi connectivity index (χ1n) is 6.06. The highest BCUT2D eigenvalue weighted by atomic mass is 32.2. The molecular formula is C14H16N2OS. The zero-order chi connectivity index (χ0) is 13.0. The highest BCUT2D eigenvalue weighted by molar-refractivity contribution is 8.00. The number of nitriles is 1. The predicted molar refractivity (Wildman–Crippen MR) is 73.1 cm³/mol. The van der Waals surface area contributed by atoms with E-state index in [1.807, 2.05) is 25.2 Å². The lowest BCUT2D eigenvalue weighted by molar-refractivity contribution is -0.129. The first-order valence-corrected chi connectivity index (χ1v) is 7.11. The number of hydrogen-bond donors (Lipinski definition) is 0. The van der Waals surface area contributed by atoms with Crippen LogP contribution in [-0.4, -0.2) is 28.9 Å². The van der Waals surface area contributed by atoms with Crippen molar-refractivity contribution in [2.45, 2.75) is 24.6 Å². The summed E-state index contributed by atoms with van der Waals surface area (Å²) in [4.78, 5) is 13.9.